The molecule has 0 radical (unpaired) electrons. The van der Waals surface area contributed by atoms with Crippen molar-refractivity contribution >= 4 is 59.1 Å². The lowest BCUT2D eigenvalue weighted by atomic mass is 10.1. The van der Waals surface area contributed by atoms with Crippen LogP contribution in [0.4, 0.5) is 0 Å². The third kappa shape index (κ3) is 23.5. The van der Waals surface area contributed by atoms with Crippen LogP contribution in [0.3, 0.4) is 0 Å². The maximum atomic E-state index is 13.5. The molecule has 0 aromatic rings. The Hall–Kier alpha value is -5.76. The molecule has 25 nitrogen and oxygen atoms in total. The Balaban J connectivity index is 3.04. The Morgan fingerprint density at radius 1 is 0.687 bits per heavy atom. The highest BCUT2D eigenvalue weighted by molar-refractivity contribution is 5.99. The Kier molecular flexibility index (Phi) is 29.0. The van der Waals surface area contributed by atoms with E-state index in [1.54, 1.807) is 0 Å². The quantitative estimate of drug-likeness (QED) is 0.0146. The lowest BCUT2D eigenvalue weighted by Crippen LogP contribution is -2.61. The number of carboxylic acids is 1. The van der Waals surface area contributed by atoms with Crippen LogP contribution < -0.4 is 37.2 Å². The van der Waals surface area contributed by atoms with E-state index in [1.165, 1.54) is 19.3 Å². The van der Waals surface area contributed by atoms with Crippen LogP contribution in [0.2, 0.25) is 0 Å². The topological polar surface area (TPSA) is 383 Å². The van der Waals surface area contributed by atoms with E-state index in [4.69, 9.17) is 0 Å². The zero-order valence-electron chi connectivity index (χ0n) is 38.5. The molecule has 1 aliphatic rings. The average Bonchev–Trinajstić information content (AvgIpc) is 3.33. The molecule has 67 heavy (non-hydrogen) atoms. The van der Waals surface area contributed by atoms with Gasteiger partial charge in [-0.3, -0.25) is 53.6 Å². The molecule has 0 aromatic carbocycles. The fourth-order valence-corrected chi connectivity index (χ4v) is 6.52. The van der Waals surface area contributed by atoms with Crippen molar-refractivity contribution in [3.05, 3.63) is 12.2 Å². The lowest BCUT2D eigenvalue weighted by Gasteiger charge is -2.26. The summed E-state index contributed by atoms with van der Waals surface area (Å²) in [5.41, 5.74) is 0. The molecule has 0 saturated carbocycles. The number of unbranched alkanes of at least 4 members (excludes halogenated alkanes) is 7. The zero-order chi connectivity index (χ0) is 50.5. The molecule has 0 aromatic heterocycles. The normalized spacial score (nSPS) is 18.0. The lowest BCUT2D eigenvalue weighted by molar-refractivity contribution is -0.163. The summed E-state index contributed by atoms with van der Waals surface area (Å²) in [6, 6.07) is -10.2. The zero-order valence-corrected chi connectivity index (χ0v) is 38.5. The second kappa shape index (κ2) is 32.8. The van der Waals surface area contributed by atoms with Crippen molar-refractivity contribution in [2.45, 2.75) is 159 Å². The average molecular weight is 958 g/mol. The number of nitrogens with one attached hydrogen (secondary N) is 7. The Bertz CT molecular complexity index is 1680. The van der Waals surface area contributed by atoms with Gasteiger partial charge in [0.05, 0.1) is 13.2 Å². The summed E-state index contributed by atoms with van der Waals surface area (Å²) >= 11 is 0. The molecule has 0 aliphatic carbocycles. The maximum absolute atomic E-state index is 13.5. The molecule has 0 bridgehead atoms. The summed E-state index contributed by atoms with van der Waals surface area (Å²) in [5.74, 6) is -10.3. The van der Waals surface area contributed by atoms with Gasteiger partial charge in [0.25, 0.3) is 5.91 Å². The third-order valence-electron chi connectivity index (χ3n) is 10.5. The molecule has 7 atom stereocenters. The second-order valence-electron chi connectivity index (χ2n) is 16.1. The van der Waals surface area contributed by atoms with E-state index >= 15 is 0 Å². The summed E-state index contributed by atoms with van der Waals surface area (Å²) < 4.78 is 0. The summed E-state index contributed by atoms with van der Waals surface area (Å²) in [4.78, 5) is 127. The predicted molar refractivity (Wildman–Crippen MR) is 235 cm³/mol. The number of aliphatic carboxylic acids is 1. The SMILES string of the molecule is CCCCCC/C=C\CCCCCC(=O)NC1C(=O)NC(C(=O)NC(CO)C(=O)NC(CCCN(O)C(C)=O)C(=O)NC(CO)C(=O)NC(CCCN(O)C(C)=O)C(=O)O)CCNC(=O)C1O. The standard InChI is InChI=1S/C42H71N9O16/c1-4-5-6-7-8-9-10-11-12-13-14-19-33(56)49-34-35(57)41(63)43-21-20-29(45-40(34)62)37(59)48-31(24-52)38(60)44-28(17-15-22-50(66)26(2)54)36(58)47-32(25-53)39(61)46-30(42(64)65)18-16-23-51(67)27(3)55/h9-10,28-32,34-35,52-53,57,66-67H,4-8,11-25H2,1-3H3,(H,43,63)(H,44,60)(H,45,62)(H,46,61)(H,47,58)(H,48,59)(H,49,56)(H,64,65)/b10-9-. The van der Waals surface area contributed by atoms with Crippen molar-refractivity contribution in [2.24, 2.45) is 0 Å². The van der Waals surface area contributed by atoms with Gasteiger partial charge in [-0.1, -0.05) is 44.8 Å². The molecule has 13 N–H and O–H groups in total. The van der Waals surface area contributed by atoms with Crippen LogP contribution in [0.15, 0.2) is 12.2 Å². The molecular formula is C42H71N9O16. The van der Waals surface area contributed by atoms with Crippen LogP contribution in [-0.4, -0.2) is 175 Å². The largest absolute Gasteiger partial charge is 0.480 e. The van der Waals surface area contributed by atoms with Gasteiger partial charge in [0.15, 0.2) is 6.10 Å². The molecule has 1 heterocycles. The number of carbonyl (C=O) groups excluding carboxylic acids is 9. The summed E-state index contributed by atoms with van der Waals surface area (Å²) in [7, 11) is 0. The van der Waals surface area contributed by atoms with Crippen molar-refractivity contribution in [2.75, 3.05) is 32.8 Å². The highest BCUT2D eigenvalue weighted by atomic mass is 16.5. The van der Waals surface area contributed by atoms with E-state index in [0.717, 1.165) is 39.5 Å². The molecule has 1 saturated heterocycles. The summed E-state index contributed by atoms with van der Waals surface area (Å²) in [5, 5.41) is 76.3. The Labute approximate surface area is 389 Å². The van der Waals surface area contributed by atoms with Crippen LogP contribution in [0.1, 0.15) is 117 Å². The fraction of sp³-hybridized carbons (Fsp3) is 0.714. The van der Waals surface area contributed by atoms with E-state index in [1.807, 2.05) is 0 Å². The minimum atomic E-state index is -2.03. The predicted octanol–water partition coefficient (Wildman–Crippen LogP) is -2.64. The fourth-order valence-electron chi connectivity index (χ4n) is 6.52. The van der Waals surface area contributed by atoms with Gasteiger partial charge >= 0.3 is 5.97 Å². The number of carbonyl (C=O) groups is 10. The van der Waals surface area contributed by atoms with E-state index in [-0.39, 0.29) is 58.2 Å². The monoisotopic (exact) mass is 958 g/mol. The number of rotatable bonds is 31. The summed E-state index contributed by atoms with van der Waals surface area (Å²) in [6.07, 6.45) is 9.58. The molecule has 7 unspecified atom stereocenters. The van der Waals surface area contributed by atoms with Gasteiger partial charge in [-0.2, -0.15) is 0 Å². The van der Waals surface area contributed by atoms with E-state index in [0.29, 0.717) is 23.0 Å². The number of allylic oxidation sites excluding steroid dienone is 2. The van der Waals surface area contributed by atoms with Gasteiger partial charge < -0.3 is 57.6 Å². The number of hydrogen-bond acceptors (Lipinski definition) is 15. The van der Waals surface area contributed by atoms with Crippen molar-refractivity contribution < 1.29 is 78.8 Å². The van der Waals surface area contributed by atoms with Crippen molar-refractivity contribution in [1.82, 2.24) is 47.3 Å². The van der Waals surface area contributed by atoms with Gasteiger partial charge in [-0.15, -0.1) is 0 Å². The van der Waals surface area contributed by atoms with Gasteiger partial charge in [0.1, 0.15) is 36.3 Å². The molecule has 1 rings (SSSR count). The van der Waals surface area contributed by atoms with Crippen LogP contribution in [0.25, 0.3) is 0 Å². The van der Waals surface area contributed by atoms with E-state index in [2.05, 4.69) is 56.3 Å². The number of aliphatic hydroxyl groups is 3. The second-order valence-corrected chi connectivity index (χ2v) is 16.1. The highest BCUT2D eigenvalue weighted by Crippen LogP contribution is 2.10. The maximum Gasteiger partial charge on any atom is 0.326 e. The van der Waals surface area contributed by atoms with Gasteiger partial charge in [0.2, 0.25) is 47.3 Å². The molecule has 380 valence electrons. The number of amides is 9. The molecular weight excluding hydrogens is 887 g/mol. The minimum Gasteiger partial charge on any atom is -0.480 e. The van der Waals surface area contributed by atoms with Crippen molar-refractivity contribution in [1.29, 1.82) is 0 Å². The molecule has 1 aliphatic heterocycles. The molecule has 1 fully saturated rings. The number of carboxylic acid groups (broad SMARTS) is 1. The van der Waals surface area contributed by atoms with E-state index in [9.17, 15) is 78.8 Å². The van der Waals surface area contributed by atoms with E-state index < -0.39 is 115 Å². The third-order valence-corrected chi connectivity index (χ3v) is 10.5. The molecule has 0 spiro atoms. The van der Waals surface area contributed by atoms with Crippen molar-refractivity contribution in [3.63, 3.8) is 0 Å². The number of hydroxylamine groups is 4. The first-order chi connectivity index (χ1) is 31.8. The van der Waals surface area contributed by atoms with Crippen molar-refractivity contribution in [3.8, 4) is 0 Å². The minimum absolute atomic E-state index is 0.0156. The smallest absolute Gasteiger partial charge is 0.326 e. The van der Waals surface area contributed by atoms with Gasteiger partial charge in [0, 0.05) is 39.9 Å². The Morgan fingerprint density at radius 2 is 1.18 bits per heavy atom. The Morgan fingerprint density at radius 3 is 1.70 bits per heavy atom. The first kappa shape index (κ1) is 59.3. The first-order valence-corrected chi connectivity index (χ1v) is 22.6. The van der Waals surface area contributed by atoms with Gasteiger partial charge in [-0.05, 0) is 64.2 Å². The van der Waals surface area contributed by atoms with Crippen LogP contribution in [0, 0.1) is 0 Å². The first-order valence-electron chi connectivity index (χ1n) is 22.6. The van der Waals surface area contributed by atoms with Crippen LogP contribution in [0.5, 0.6) is 0 Å². The van der Waals surface area contributed by atoms with Gasteiger partial charge in [-0.25, -0.2) is 14.9 Å². The number of nitrogens with zero attached hydrogens (tertiary/aromatic N) is 2. The molecule has 25 heteroatoms. The number of aliphatic hydroxyl groups excluding tert-OH is 3. The molecule has 9 amide bonds. The van der Waals surface area contributed by atoms with Crippen LogP contribution >= 0.6 is 0 Å². The summed E-state index contributed by atoms with van der Waals surface area (Å²) in [6.45, 7) is 1.23. The highest BCUT2D eigenvalue weighted by Gasteiger charge is 2.38. The number of hydrogen-bond donors (Lipinski definition) is 13. The van der Waals surface area contributed by atoms with Crippen LogP contribution in [-0.2, 0) is 47.9 Å².